The normalized spacial score (nSPS) is 11.8. The molecule has 0 radical (unpaired) electrons. The molecule has 3 nitrogen and oxygen atoms in total. The van der Waals surface area contributed by atoms with Gasteiger partial charge in [0.25, 0.3) is 0 Å². The summed E-state index contributed by atoms with van der Waals surface area (Å²) in [6, 6.07) is 10.1. The van der Waals surface area contributed by atoms with Crippen molar-refractivity contribution in [3.63, 3.8) is 0 Å². The Bertz CT molecular complexity index is 376. The van der Waals surface area contributed by atoms with Gasteiger partial charge < -0.3 is 10.4 Å². The molecule has 1 rings (SSSR count). The summed E-state index contributed by atoms with van der Waals surface area (Å²) in [5.74, 6) is 0.363. The molecule has 0 saturated carbocycles. The summed E-state index contributed by atoms with van der Waals surface area (Å²) < 4.78 is 0. The Balaban J connectivity index is 2.38. The molecule has 0 aliphatic heterocycles. The number of hydrogen-bond acceptors (Lipinski definition) is 2. The average Bonchev–Trinajstić information content (AvgIpc) is 2.45. The Morgan fingerprint density at radius 1 is 1.32 bits per heavy atom. The lowest BCUT2D eigenvalue weighted by molar-refractivity contribution is -0.121. The van der Waals surface area contributed by atoms with Gasteiger partial charge in [0.05, 0.1) is 0 Å². The molecule has 1 aromatic rings. The Morgan fingerprint density at radius 2 is 2.05 bits per heavy atom. The van der Waals surface area contributed by atoms with Crippen molar-refractivity contribution in [2.75, 3.05) is 13.2 Å². The molecule has 3 heteroatoms. The summed E-state index contributed by atoms with van der Waals surface area (Å²) in [5.41, 5.74) is 1.22. The third kappa shape index (κ3) is 6.20. The van der Waals surface area contributed by atoms with Crippen molar-refractivity contribution in [3.05, 3.63) is 48.6 Å². The zero-order valence-electron chi connectivity index (χ0n) is 11.3. The summed E-state index contributed by atoms with van der Waals surface area (Å²) in [4.78, 5) is 11.5. The Morgan fingerprint density at radius 3 is 2.68 bits per heavy atom. The molecule has 0 spiro atoms. The largest absolute Gasteiger partial charge is 0.396 e. The molecule has 104 valence electrons. The van der Waals surface area contributed by atoms with Gasteiger partial charge in [0.15, 0.2) is 0 Å². The molecule has 1 amide bonds. The van der Waals surface area contributed by atoms with Gasteiger partial charge in [-0.15, -0.1) is 6.58 Å². The average molecular weight is 261 g/mol. The summed E-state index contributed by atoms with van der Waals surface area (Å²) in [6.45, 7) is 4.42. The van der Waals surface area contributed by atoms with Gasteiger partial charge in [0.2, 0.25) is 5.91 Å². The van der Waals surface area contributed by atoms with E-state index < -0.39 is 0 Å². The second kappa shape index (κ2) is 9.34. The third-order valence-electron chi connectivity index (χ3n) is 3.14. The maximum Gasteiger partial charge on any atom is 0.220 e. The fraction of sp³-hybridized carbons (Fsp3) is 0.438. The highest BCUT2D eigenvalue weighted by Crippen LogP contribution is 2.22. The molecule has 0 aromatic heterocycles. The van der Waals surface area contributed by atoms with Crippen LogP contribution < -0.4 is 5.32 Å². The molecule has 0 heterocycles. The van der Waals surface area contributed by atoms with E-state index in [0.29, 0.717) is 25.3 Å². The van der Waals surface area contributed by atoms with E-state index in [0.717, 1.165) is 12.8 Å². The van der Waals surface area contributed by atoms with Crippen molar-refractivity contribution >= 4 is 5.91 Å². The van der Waals surface area contributed by atoms with Crippen LogP contribution in [-0.2, 0) is 4.79 Å². The maximum absolute atomic E-state index is 11.5. The number of nitrogens with one attached hydrogen (secondary N) is 1. The van der Waals surface area contributed by atoms with Crippen molar-refractivity contribution in [3.8, 4) is 0 Å². The second-order valence-corrected chi connectivity index (χ2v) is 4.59. The van der Waals surface area contributed by atoms with E-state index in [2.05, 4.69) is 24.0 Å². The van der Waals surface area contributed by atoms with Gasteiger partial charge >= 0.3 is 0 Å². The number of hydrogen-bond donors (Lipinski definition) is 2. The number of amides is 1. The predicted octanol–water partition coefficient (Wildman–Crippen LogP) is 2.63. The lowest BCUT2D eigenvalue weighted by Crippen LogP contribution is -2.25. The van der Waals surface area contributed by atoms with Crippen LogP contribution in [0, 0.1) is 0 Å². The van der Waals surface area contributed by atoms with Crippen molar-refractivity contribution in [2.45, 2.75) is 31.6 Å². The summed E-state index contributed by atoms with van der Waals surface area (Å²) in [6.07, 6.45) is 4.54. The first kappa shape index (κ1) is 15.4. The standard InChI is InChI=1S/C16H23NO2/c1-2-3-9-16(19)17-12-10-15(11-13-18)14-7-5-4-6-8-14/h2,4-8,15,18H,1,3,9-13H2,(H,17,19). The number of carbonyl (C=O) groups is 1. The number of benzene rings is 1. The molecule has 1 atom stereocenters. The van der Waals surface area contributed by atoms with Crippen molar-refractivity contribution in [1.29, 1.82) is 0 Å². The van der Waals surface area contributed by atoms with Crippen LogP contribution in [0.4, 0.5) is 0 Å². The van der Waals surface area contributed by atoms with Gasteiger partial charge in [-0.3, -0.25) is 4.79 Å². The number of allylic oxidation sites excluding steroid dienone is 1. The lowest BCUT2D eigenvalue weighted by atomic mass is 9.93. The fourth-order valence-corrected chi connectivity index (χ4v) is 2.07. The van der Waals surface area contributed by atoms with E-state index in [1.807, 2.05) is 18.2 Å². The molecule has 2 N–H and O–H groups in total. The molecular formula is C16H23NO2. The van der Waals surface area contributed by atoms with Gasteiger partial charge in [0, 0.05) is 19.6 Å². The van der Waals surface area contributed by atoms with Crippen molar-refractivity contribution in [2.24, 2.45) is 0 Å². The molecular weight excluding hydrogens is 238 g/mol. The quantitative estimate of drug-likeness (QED) is 0.671. The minimum absolute atomic E-state index is 0.0655. The van der Waals surface area contributed by atoms with Crippen LogP contribution in [0.15, 0.2) is 43.0 Å². The zero-order valence-corrected chi connectivity index (χ0v) is 11.3. The maximum atomic E-state index is 11.5. The molecule has 0 saturated heterocycles. The van der Waals surface area contributed by atoms with E-state index in [1.54, 1.807) is 6.08 Å². The highest BCUT2D eigenvalue weighted by atomic mass is 16.3. The third-order valence-corrected chi connectivity index (χ3v) is 3.14. The van der Waals surface area contributed by atoms with Crippen LogP contribution >= 0.6 is 0 Å². The van der Waals surface area contributed by atoms with Gasteiger partial charge in [-0.25, -0.2) is 0 Å². The van der Waals surface area contributed by atoms with E-state index in [1.165, 1.54) is 5.56 Å². The molecule has 0 aliphatic rings. The number of aliphatic hydroxyl groups excluding tert-OH is 1. The van der Waals surface area contributed by atoms with E-state index in [-0.39, 0.29) is 12.5 Å². The van der Waals surface area contributed by atoms with Crippen LogP contribution in [0.5, 0.6) is 0 Å². The first-order valence-electron chi connectivity index (χ1n) is 6.81. The minimum atomic E-state index is 0.0655. The van der Waals surface area contributed by atoms with E-state index in [4.69, 9.17) is 5.11 Å². The summed E-state index contributed by atoms with van der Waals surface area (Å²) >= 11 is 0. The molecule has 19 heavy (non-hydrogen) atoms. The van der Waals surface area contributed by atoms with Crippen molar-refractivity contribution in [1.82, 2.24) is 5.32 Å². The highest BCUT2D eigenvalue weighted by Gasteiger charge is 2.11. The van der Waals surface area contributed by atoms with Crippen LogP contribution in [0.3, 0.4) is 0 Å². The molecule has 0 aliphatic carbocycles. The Hall–Kier alpha value is -1.61. The zero-order chi connectivity index (χ0) is 13.9. The molecule has 0 bridgehead atoms. The van der Waals surface area contributed by atoms with Crippen molar-refractivity contribution < 1.29 is 9.90 Å². The highest BCUT2D eigenvalue weighted by molar-refractivity contribution is 5.75. The molecule has 1 unspecified atom stereocenters. The predicted molar refractivity (Wildman–Crippen MR) is 77.9 cm³/mol. The van der Waals surface area contributed by atoms with Crippen LogP contribution in [-0.4, -0.2) is 24.2 Å². The lowest BCUT2D eigenvalue weighted by Gasteiger charge is -2.16. The van der Waals surface area contributed by atoms with Gasteiger partial charge in [-0.05, 0) is 30.7 Å². The second-order valence-electron chi connectivity index (χ2n) is 4.59. The van der Waals surface area contributed by atoms with Crippen LogP contribution in [0.25, 0.3) is 0 Å². The monoisotopic (exact) mass is 261 g/mol. The Labute approximate surface area is 115 Å². The first-order chi connectivity index (χ1) is 9.27. The van der Waals surface area contributed by atoms with Gasteiger partial charge in [0.1, 0.15) is 0 Å². The summed E-state index contributed by atoms with van der Waals surface area (Å²) in [5, 5.41) is 12.0. The number of aliphatic hydroxyl groups is 1. The molecule has 1 aromatic carbocycles. The Kier molecular flexibility index (Phi) is 7.59. The van der Waals surface area contributed by atoms with E-state index in [9.17, 15) is 4.79 Å². The summed E-state index contributed by atoms with van der Waals surface area (Å²) in [7, 11) is 0. The smallest absolute Gasteiger partial charge is 0.220 e. The molecule has 0 fully saturated rings. The topological polar surface area (TPSA) is 49.3 Å². The first-order valence-corrected chi connectivity index (χ1v) is 6.81. The van der Waals surface area contributed by atoms with E-state index >= 15 is 0 Å². The van der Waals surface area contributed by atoms with Gasteiger partial charge in [-0.1, -0.05) is 36.4 Å². The SMILES string of the molecule is C=CCCC(=O)NCCC(CCO)c1ccccc1. The minimum Gasteiger partial charge on any atom is -0.396 e. The van der Waals surface area contributed by atoms with Crippen LogP contribution in [0.1, 0.15) is 37.2 Å². The number of rotatable bonds is 9. The number of carbonyl (C=O) groups excluding carboxylic acids is 1. The van der Waals surface area contributed by atoms with Gasteiger partial charge in [-0.2, -0.15) is 0 Å². The van der Waals surface area contributed by atoms with Crippen LogP contribution in [0.2, 0.25) is 0 Å². The fourth-order valence-electron chi connectivity index (χ4n) is 2.07.